The molecule has 54 heavy (non-hydrogen) atoms. The maximum atomic E-state index is 6.44. The van der Waals surface area contributed by atoms with Gasteiger partial charge < -0.3 is 37.9 Å². The Hall–Kier alpha value is -5.44. The summed E-state index contributed by atoms with van der Waals surface area (Å²) < 4.78 is 48.1. The molecule has 8 heteroatoms. The molecule has 8 rings (SSSR count). The summed E-state index contributed by atoms with van der Waals surface area (Å²) in [5, 5.41) is 4.24. The van der Waals surface area contributed by atoms with Gasteiger partial charge in [0, 0.05) is 11.1 Å². The molecular formula is C46H46O8. The van der Waals surface area contributed by atoms with E-state index in [-0.39, 0.29) is 24.4 Å². The predicted octanol–water partition coefficient (Wildman–Crippen LogP) is 10.1. The first-order chi connectivity index (χ1) is 26.6. The van der Waals surface area contributed by atoms with Crippen molar-refractivity contribution >= 4 is 21.5 Å². The molecule has 0 N–H and O–H groups in total. The molecule has 0 spiro atoms. The summed E-state index contributed by atoms with van der Waals surface area (Å²) >= 11 is 0. The average Bonchev–Trinajstić information content (AvgIpc) is 3.18. The van der Waals surface area contributed by atoms with Crippen LogP contribution in [0.15, 0.2) is 121 Å². The van der Waals surface area contributed by atoms with Gasteiger partial charge in [-0.15, -0.1) is 0 Å². The fourth-order valence-corrected chi connectivity index (χ4v) is 6.88. The molecule has 0 radical (unpaired) electrons. The van der Waals surface area contributed by atoms with Crippen molar-refractivity contribution in [1.29, 1.82) is 0 Å². The third-order valence-corrected chi connectivity index (χ3v) is 10.8. The van der Waals surface area contributed by atoms with Crippen molar-refractivity contribution in [3.8, 4) is 45.6 Å². The van der Waals surface area contributed by atoms with E-state index in [1.165, 1.54) is 0 Å². The Labute approximate surface area is 316 Å². The normalized spacial score (nSPS) is 15.5. The van der Waals surface area contributed by atoms with Crippen molar-refractivity contribution in [2.75, 3.05) is 53.2 Å². The van der Waals surface area contributed by atoms with E-state index < -0.39 is 0 Å². The molecule has 2 aliphatic rings. The number of hydrogen-bond acceptors (Lipinski definition) is 8. The Morgan fingerprint density at radius 1 is 0.426 bits per heavy atom. The summed E-state index contributed by atoms with van der Waals surface area (Å²) in [5.74, 6) is 4.34. The van der Waals surface area contributed by atoms with E-state index in [4.69, 9.17) is 37.9 Å². The predicted molar refractivity (Wildman–Crippen MR) is 210 cm³/mol. The van der Waals surface area contributed by atoms with E-state index in [1.807, 2.05) is 84.9 Å². The molecule has 6 aromatic carbocycles. The lowest BCUT2D eigenvalue weighted by molar-refractivity contribution is -0.133. The van der Waals surface area contributed by atoms with Crippen LogP contribution in [0.3, 0.4) is 0 Å². The first-order valence-corrected chi connectivity index (χ1v) is 18.7. The van der Waals surface area contributed by atoms with Crippen molar-refractivity contribution in [1.82, 2.24) is 0 Å². The zero-order valence-corrected chi connectivity index (χ0v) is 30.9. The van der Waals surface area contributed by atoms with Crippen molar-refractivity contribution < 1.29 is 37.9 Å². The molecule has 0 amide bonds. The largest absolute Gasteiger partial charge is 0.493 e. The minimum atomic E-state index is 0.0127. The Bertz CT molecular complexity index is 2000. The fourth-order valence-electron chi connectivity index (χ4n) is 6.88. The van der Waals surface area contributed by atoms with Crippen LogP contribution in [0.1, 0.15) is 26.7 Å². The highest BCUT2D eigenvalue weighted by Crippen LogP contribution is 2.45. The van der Waals surface area contributed by atoms with Crippen LogP contribution >= 0.6 is 0 Å². The smallest absolute Gasteiger partial charge is 0.230 e. The Morgan fingerprint density at radius 3 is 1.15 bits per heavy atom. The molecule has 0 saturated carbocycles. The van der Waals surface area contributed by atoms with E-state index in [1.54, 1.807) is 0 Å². The van der Waals surface area contributed by atoms with Gasteiger partial charge in [-0.2, -0.15) is 0 Å². The highest BCUT2D eigenvalue weighted by atomic mass is 16.7. The lowest BCUT2D eigenvalue weighted by Gasteiger charge is -2.40. The first-order valence-electron chi connectivity index (χ1n) is 18.7. The summed E-state index contributed by atoms with van der Waals surface area (Å²) in [7, 11) is 0. The van der Waals surface area contributed by atoms with Gasteiger partial charge in [0.15, 0.2) is 0 Å². The van der Waals surface area contributed by atoms with Crippen LogP contribution in [0.2, 0.25) is 0 Å². The summed E-state index contributed by atoms with van der Waals surface area (Å²) in [4.78, 5) is 0. The second kappa shape index (κ2) is 15.9. The van der Waals surface area contributed by atoms with Gasteiger partial charge in [-0.25, -0.2) is 0 Å². The number of benzene rings is 6. The van der Waals surface area contributed by atoms with E-state index in [0.29, 0.717) is 36.2 Å². The number of ether oxygens (including phenoxy) is 8. The molecular weight excluding hydrogens is 680 g/mol. The lowest BCUT2D eigenvalue weighted by Crippen LogP contribution is -2.46. The zero-order valence-electron chi connectivity index (χ0n) is 30.9. The Balaban J connectivity index is 0.992. The molecule has 8 nitrogen and oxygen atoms in total. The van der Waals surface area contributed by atoms with Gasteiger partial charge in [-0.05, 0) is 95.1 Å². The molecule has 2 fully saturated rings. The highest BCUT2D eigenvalue weighted by molar-refractivity contribution is 6.09. The number of rotatable bonds is 17. The minimum absolute atomic E-state index is 0.0127. The second-order valence-corrected chi connectivity index (χ2v) is 14.3. The van der Waals surface area contributed by atoms with E-state index in [9.17, 15) is 0 Å². The van der Waals surface area contributed by atoms with E-state index in [2.05, 4.69) is 50.2 Å². The van der Waals surface area contributed by atoms with E-state index in [0.717, 1.165) is 83.4 Å². The third-order valence-electron chi connectivity index (χ3n) is 10.8. The molecule has 0 bridgehead atoms. The third kappa shape index (κ3) is 7.63. The van der Waals surface area contributed by atoms with Crippen molar-refractivity contribution in [2.45, 2.75) is 26.7 Å². The first kappa shape index (κ1) is 35.6. The molecule has 0 atom stereocenters. The topological polar surface area (TPSA) is 73.8 Å². The fraction of sp³-hybridized carbons (Fsp3) is 0.304. The van der Waals surface area contributed by atoms with Crippen molar-refractivity contribution in [3.05, 3.63) is 121 Å². The molecule has 0 unspecified atom stereocenters. The second-order valence-electron chi connectivity index (χ2n) is 14.3. The van der Waals surface area contributed by atoms with Gasteiger partial charge in [0.1, 0.15) is 34.5 Å². The van der Waals surface area contributed by atoms with Gasteiger partial charge in [0.2, 0.25) is 13.6 Å². The van der Waals surface area contributed by atoms with Crippen molar-refractivity contribution in [3.63, 3.8) is 0 Å². The summed E-state index contributed by atoms with van der Waals surface area (Å²) in [6.07, 6.45) is 2.06. The standard InChI is InChI=1S/C46H46O8/c1-3-45(25-47-26-45)29-49-35-15-19-37(20-16-35)51-31-53-41-23-13-33-9-5-7-11-39(33)43(41)44-40-12-8-6-10-34(40)14-24-42(44)54-32-52-38-21-17-36(18-22-38)50-30-46(4-2)27-48-28-46/h5-24H,3-4,25-32H2,1-2H3. The van der Waals surface area contributed by atoms with Crippen LogP contribution in [-0.2, 0) is 9.47 Å². The number of hydrogen-bond donors (Lipinski definition) is 0. The van der Waals surface area contributed by atoms with E-state index >= 15 is 0 Å². The maximum absolute atomic E-state index is 6.44. The molecule has 2 saturated heterocycles. The summed E-state index contributed by atoms with van der Waals surface area (Å²) in [6.45, 7) is 8.67. The summed E-state index contributed by atoms with van der Waals surface area (Å²) in [6, 6.07) is 40.1. The van der Waals surface area contributed by atoms with Crippen LogP contribution in [-0.4, -0.2) is 53.2 Å². The van der Waals surface area contributed by atoms with Crippen LogP contribution < -0.4 is 28.4 Å². The van der Waals surface area contributed by atoms with Crippen molar-refractivity contribution in [2.24, 2.45) is 10.8 Å². The number of fused-ring (bicyclic) bond motifs is 2. The highest BCUT2D eigenvalue weighted by Gasteiger charge is 2.38. The minimum Gasteiger partial charge on any atom is -0.493 e. The average molecular weight is 727 g/mol. The molecule has 0 aliphatic carbocycles. The van der Waals surface area contributed by atoms with Crippen LogP contribution in [0.4, 0.5) is 0 Å². The molecule has 278 valence electrons. The SMILES string of the molecule is CCC1(COc2ccc(OCOc3ccc4ccccc4c3-c3c(OCOc4ccc(OCC5(CC)COC5)cc4)ccc4ccccc34)cc2)COC1. The molecule has 6 aromatic rings. The summed E-state index contributed by atoms with van der Waals surface area (Å²) in [5.41, 5.74) is 2.07. The van der Waals surface area contributed by atoms with Crippen LogP contribution in [0, 0.1) is 10.8 Å². The Morgan fingerprint density at radius 2 is 0.796 bits per heavy atom. The Kier molecular flexibility index (Phi) is 10.5. The monoisotopic (exact) mass is 726 g/mol. The van der Waals surface area contributed by atoms with Gasteiger partial charge in [-0.3, -0.25) is 0 Å². The van der Waals surface area contributed by atoms with Gasteiger partial charge >= 0.3 is 0 Å². The van der Waals surface area contributed by atoms with Crippen LogP contribution in [0.5, 0.6) is 34.5 Å². The molecule has 0 aromatic heterocycles. The van der Waals surface area contributed by atoms with Gasteiger partial charge in [0.25, 0.3) is 0 Å². The quantitative estimate of drug-likeness (QED) is 0.0861. The van der Waals surface area contributed by atoms with Gasteiger partial charge in [-0.1, -0.05) is 74.5 Å². The van der Waals surface area contributed by atoms with Gasteiger partial charge in [0.05, 0.1) is 50.5 Å². The molecule has 2 heterocycles. The molecule has 2 aliphatic heterocycles. The lowest BCUT2D eigenvalue weighted by atomic mass is 9.84. The maximum Gasteiger partial charge on any atom is 0.230 e. The van der Waals surface area contributed by atoms with Crippen LogP contribution in [0.25, 0.3) is 32.7 Å². The zero-order chi connectivity index (χ0) is 36.8.